The van der Waals surface area contributed by atoms with E-state index in [-0.39, 0.29) is 35.6 Å². The summed E-state index contributed by atoms with van der Waals surface area (Å²) in [7, 11) is 0. The third-order valence-corrected chi connectivity index (χ3v) is 2.87. The largest absolute Gasteiger partial charge is 0.478 e. The second kappa shape index (κ2) is 15.2. The van der Waals surface area contributed by atoms with Gasteiger partial charge in [-0.3, -0.25) is 15.3 Å². The quantitative estimate of drug-likeness (QED) is 0.148. The summed E-state index contributed by atoms with van der Waals surface area (Å²) in [5.41, 5.74) is -0.702. The molecule has 9 heteroatoms. The smallest absolute Gasteiger partial charge is 0.331 e. The molecule has 0 radical (unpaired) electrons. The van der Waals surface area contributed by atoms with Crippen molar-refractivity contribution in [3.63, 3.8) is 0 Å². The first-order valence-electron chi connectivity index (χ1n) is 7.31. The number of allylic oxidation sites excluding steroid dienone is 4. The van der Waals surface area contributed by atoms with E-state index in [4.69, 9.17) is 15.0 Å². The van der Waals surface area contributed by atoms with Crippen LogP contribution in [0.15, 0.2) is 60.0 Å². The van der Waals surface area contributed by atoms with E-state index in [0.717, 1.165) is 24.1 Å². The number of ether oxygens (including phenoxy) is 1. The molecule has 140 valence electrons. The minimum atomic E-state index is -1.27. The Kier molecular flexibility index (Phi) is 15.1. The van der Waals surface area contributed by atoms with E-state index in [1.54, 1.807) is 6.92 Å². The molecular weight excluding hydrogens is 351 g/mol. The molecule has 3 N–H and O–H groups in total. The molecule has 0 fully saturated rings. The molecule has 0 heterocycles. The monoisotopic (exact) mass is 374 g/mol. The fraction of sp³-hybridized carbons (Fsp3) is 0.312. The molecule has 0 aromatic heterocycles. The summed E-state index contributed by atoms with van der Waals surface area (Å²) in [5, 5.41) is 25.6. The van der Waals surface area contributed by atoms with Crippen molar-refractivity contribution in [3.05, 3.63) is 70.1 Å². The predicted molar refractivity (Wildman–Crippen MR) is 97.6 cm³/mol. The van der Waals surface area contributed by atoms with Crippen LogP contribution in [0, 0.1) is 10.1 Å². The number of nitrogens with zero attached hydrogens (tertiary/aromatic N) is 1. The lowest BCUT2D eigenvalue weighted by atomic mass is 10.1. The molecule has 0 atom stereocenters. The van der Waals surface area contributed by atoms with Crippen LogP contribution in [0.2, 0.25) is 0 Å². The lowest BCUT2D eigenvalue weighted by molar-refractivity contribution is -0.422. The van der Waals surface area contributed by atoms with Crippen LogP contribution in [0.1, 0.15) is 27.2 Å². The van der Waals surface area contributed by atoms with Gasteiger partial charge in [0.1, 0.15) is 5.76 Å². The molecule has 7 nitrogen and oxygen atoms in total. The molecule has 0 spiro atoms. The lowest BCUT2D eigenvalue weighted by Crippen LogP contribution is -2.10. The molecule has 0 saturated carbocycles. The summed E-state index contributed by atoms with van der Waals surface area (Å²) in [6.07, 6.45) is 4.69. The number of hydrogen-bond acceptors (Lipinski definition) is 6. The maximum atomic E-state index is 12.0. The molecule has 0 aliphatic rings. The van der Waals surface area contributed by atoms with E-state index in [1.807, 2.05) is 13.8 Å². The van der Waals surface area contributed by atoms with E-state index in [0.29, 0.717) is 0 Å². The van der Waals surface area contributed by atoms with Gasteiger partial charge in [0.15, 0.2) is 5.76 Å². The Morgan fingerprint density at radius 2 is 2.08 bits per heavy atom. The first kappa shape index (κ1) is 24.9. The number of nitrogens with two attached hydrogens (primary N) is 1. The Labute approximate surface area is 150 Å². The van der Waals surface area contributed by atoms with E-state index in [1.165, 1.54) is 12.2 Å². The second-order valence-corrected chi connectivity index (χ2v) is 4.52. The highest BCUT2D eigenvalue weighted by Gasteiger charge is 2.21. The third-order valence-electron chi connectivity index (χ3n) is 2.44. The van der Waals surface area contributed by atoms with Crippen molar-refractivity contribution >= 4 is 17.9 Å². The van der Waals surface area contributed by atoms with Gasteiger partial charge in [-0.2, -0.15) is 0 Å². The van der Waals surface area contributed by atoms with Crippen molar-refractivity contribution in [2.75, 3.05) is 5.75 Å². The minimum absolute atomic E-state index is 0.0454. The number of carboxylic acid groups (broad SMARTS) is 1. The van der Waals surface area contributed by atoms with Gasteiger partial charge >= 0.3 is 11.7 Å². The third kappa shape index (κ3) is 10.2. The van der Waals surface area contributed by atoms with Crippen LogP contribution in [0.4, 0.5) is 4.39 Å². The Hall–Kier alpha value is -2.39. The van der Waals surface area contributed by atoms with Crippen LogP contribution in [0.5, 0.6) is 0 Å². The Morgan fingerprint density at radius 1 is 1.48 bits per heavy atom. The predicted octanol–water partition coefficient (Wildman–Crippen LogP) is 4.10. The van der Waals surface area contributed by atoms with Crippen molar-refractivity contribution in [2.24, 2.45) is 5.14 Å². The molecular formula is C16H23FN2O5S. The van der Waals surface area contributed by atoms with E-state index < -0.39 is 16.6 Å². The number of rotatable bonds is 10. The van der Waals surface area contributed by atoms with Gasteiger partial charge in [-0.05, 0) is 24.6 Å². The first-order chi connectivity index (χ1) is 11.9. The number of halogens is 1. The van der Waals surface area contributed by atoms with Crippen LogP contribution in [-0.2, 0) is 9.53 Å². The van der Waals surface area contributed by atoms with E-state index in [2.05, 4.69) is 6.58 Å². The average molecular weight is 374 g/mol. The normalized spacial score (nSPS) is 12.8. The maximum absolute atomic E-state index is 12.0. The van der Waals surface area contributed by atoms with Crippen molar-refractivity contribution in [1.29, 1.82) is 0 Å². The summed E-state index contributed by atoms with van der Waals surface area (Å²) >= 11 is 0.757. The SMILES string of the molecule is C=C/C(=C\C=C\F)O/C(CSN)=C(/C=C(\CC)C(=O)O)[N+](=O)[O-].CC. The minimum Gasteiger partial charge on any atom is -0.478 e. The fourth-order valence-corrected chi connectivity index (χ4v) is 1.72. The maximum Gasteiger partial charge on any atom is 0.331 e. The number of nitro groups is 1. The van der Waals surface area contributed by atoms with Crippen molar-refractivity contribution in [2.45, 2.75) is 27.2 Å². The molecule has 0 saturated heterocycles. The van der Waals surface area contributed by atoms with Gasteiger partial charge in [0.05, 0.1) is 17.0 Å². The van der Waals surface area contributed by atoms with Gasteiger partial charge in [-0.15, -0.1) is 0 Å². The van der Waals surface area contributed by atoms with Gasteiger partial charge in [0.2, 0.25) is 0 Å². The molecule has 0 bridgehead atoms. The number of carboxylic acids is 1. The van der Waals surface area contributed by atoms with E-state index >= 15 is 0 Å². The molecule has 0 aliphatic heterocycles. The molecule has 0 unspecified atom stereocenters. The molecule has 0 rings (SSSR count). The van der Waals surface area contributed by atoms with Crippen molar-refractivity contribution in [3.8, 4) is 0 Å². The number of aliphatic carboxylic acids is 1. The summed E-state index contributed by atoms with van der Waals surface area (Å²) in [5.74, 6) is -1.49. The lowest BCUT2D eigenvalue weighted by Gasteiger charge is -2.09. The zero-order valence-electron chi connectivity index (χ0n) is 14.4. The van der Waals surface area contributed by atoms with Crippen LogP contribution in [0.3, 0.4) is 0 Å². The van der Waals surface area contributed by atoms with Crippen molar-refractivity contribution < 1.29 is 24.0 Å². The average Bonchev–Trinajstić information content (AvgIpc) is 2.60. The summed E-state index contributed by atoms with van der Waals surface area (Å²) in [6, 6.07) is 0. The van der Waals surface area contributed by atoms with Gasteiger partial charge in [-0.25, -0.2) is 9.18 Å². The fourth-order valence-electron chi connectivity index (χ4n) is 1.36. The van der Waals surface area contributed by atoms with Crippen LogP contribution in [0.25, 0.3) is 0 Å². The van der Waals surface area contributed by atoms with Gasteiger partial charge < -0.3 is 9.84 Å². The highest BCUT2D eigenvalue weighted by Crippen LogP contribution is 2.19. The Morgan fingerprint density at radius 3 is 2.44 bits per heavy atom. The molecule has 0 aromatic carbocycles. The Bertz CT molecular complexity index is 583. The highest BCUT2D eigenvalue weighted by molar-refractivity contribution is 7.97. The summed E-state index contributed by atoms with van der Waals surface area (Å²) in [6.45, 7) is 9.00. The molecule has 0 amide bonds. The first-order valence-corrected chi connectivity index (χ1v) is 8.36. The zero-order valence-corrected chi connectivity index (χ0v) is 15.2. The van der Waals surface area contributed by atoms with Crippen LogP contribution < -0.4 is 5.14 Å². The van der Waals surface area contributed by atoms with Crippen molar-refractivity contribution in [1.82, 2.24) is 0 Å². The van der Waals surface area contributed by atoms with Gasteiger partial charge in [-0.1, -0.05) is 39.3 Å². The zero-order chi connectivity index (χ0) is 19.8. The number of hydrogen-bond donors (Lipinski definition) is 2. The van der Waals surface area contributed by atoms with E-state index in [9.17, 15) is 19.3 Å². The topological polar surface area (TPSA) is 116 Å². The molecule has 0 aromatic rings. The standard InChI is InChI=1S/C14H17FN2O5S.C2H6/c1-3-10(14(18)19)8-12(17(20)21)13(9-23-16)22-11(4-2)6-5-7-15;1-2/h4-8H,2-3,9,16H2,1H3,(H,18,19);1-2H3/b7-5+,10-8+,11-6+,13-12-;. The van der Waals surface area contributed by atoms with Crippen LogP contribution in [-0.4, -0.2) is 21.8 Å². The summed E-state index contributed by atoms with van der Waals surface area (Å²) < 4.78 is 17.4. The number of carbonyl (C=O) groups is 1. The molecule has 25 heavy (non-hydrogen) atoms. The summed E-state index contributed by atoms with van der Waals surface area (Å²) in [4.78, 5) is 21.5. The van der Waals surface area contributed by atoms with Gasteiger partial charge in [0.25, 0.3) is 0 Å². The van der Waals surface area contributed by atoms with Gasteiger partial charge in [0, 0.05) is 11.6 Å². The molecule has 0 aliphatic carbocycles. The van der Waals surface area contributed by atoms with Crippen LogP contribution >= 0.6 is 11.9 Å². The second-order valence-electron chi connectivity index (χ2n) is 3.90. The highest BCUT2D eigenvalue weighted by atomic mass is 32.2. The Balaban J connectivity index is 0.